The number of carboxylic acids is 2. The molecule has 2 aliphatic rings. The van der Waals surface area contributed by atoms with Crippen LogP contribution in [0.3, 0.4) is 0 Å². The second-order valence-corrected chi connectivity index (χ2v) is 8.10. The van der Waals surface area contributed by atoms with Gasteiger partial charge in [0.25, 0.3) is 0 Å². The Hall–Kier alpha value is -1.83. The minimum Gasteiger partial charge on any atom is -0.478 e. The van der Waals surface area contributed by atoms with Gasteiger partial charge in [0.1, 0.15) is 0 Å². The average Bonchev–Trinajstić information content (AvgIpc) is 2.71. The van der Waals surface area contributed by atoms with E-state index in [1.54, 1.807) is 5.56 Å². The lowest BCUT2D eigenvalue weighted by atomic mass is 9.97. The molecule has 1 unspecified atom stereocenters. The van der Waals surface area contributed by atoms with E-state index in [1.165, 1.54) is 56.0 Å². The quantitative estimate of drug-likeness (QED) is 0.624. The number of rotatable bonds is 6. The number of thioether (sulfide) groups is 1. The summed E-state index contributed by atoms with van der Waals surface area (Å²) in [4.78, 5) is 23.3. The van der Waals surface area contributed by atoms with E-state index in [0.717, 1.165) is 6.04 Å². The van der Waals surface area contributed by atoms with Crippen LogP contribution in [-0.4, -0.2) is 58.5 Å². The van der Waals surface area contributed by atoms with Crippen molar-refractivity contribution >= 4 is 23.7 Å². The normalized spacial score (nSPS) is 20.2. The van der Waals surface area contributed by atoms with E-state index in [9.17, 15) is 9.59 Å². The standard InChI is InChI=1S/C17H26N2S.C4H4O4/c1-2-10-18-14-7-11-19(12-8-14)16-9-13-20-17-6-4-3-5-15(16)17;5-3(6)1-2-4(7)8/h3-6,14,16,18H,2,7-13H2,1H3;1-2H,(H,5,6)(H,7,8)/b;2-1-. The second-order valence-electron chi connectivity index (χ2n) is 6.96. The maximum Gasteiger partial charge on any atom is 0.328 e. The van der Waals surface area contributed by atoms with Gasteiger partial charge in [0.05, 0.1) is 0 Å². The monoisotopic (exact) mass is 406 g/mol. The molecule has 0 spiro atoms. The molecule has 1 saturated heterocycles. The van der Waals surface area contributed by atoms with Gasteiger partial charge in [-0.1, -0.05) is 25.1 Å². The van der Waals surface area contributed by atoms with Gasteiger partial charge in [-0.05, 0) is 49.6 Å². The predicted molar refractivity (Wildman–Crippen MR) is 112 cm³/mol. The molecule has 1 fully saturated rings. The third kappa shape index (κ3) is 7.30. The SMILES string of the molecule is CCCNC1CCN(C2CCSc3ccccc32)CC1.O=C(O)/C=C\C(=O)O. The number of nitrogens with zero attached hydrogens (tertiary/aromatic N) is 1. The summed E-state index contributed by atoms with van der Waals surface area (Å²) >= 11 is 2.03. The number of hydrogen-bond donors (Lipinski definition) is 3. The van der Waals surface area contributed by atoms with Gasteiger partial charge in [-0.2, -0.15) is 0 Å². The minimum absolute atomic E-state index is 0.558. The molecule has 3 N–H and O–H groups in total. The van der Waals surface area contributed by atoms with Crippen LogP contribution in [0.25, 0.3) is 0 Å². The molecule has 0 aromatic heterocycles. The summed E-state index contributed by atoms with van der Waals surface area (Å²) in [5.41, 5.74) is 1.57. The third-order valence-corrected chi connectivity index (χ3v) is 6.07. The molecule has 7 heteroatoms. The van der Waals surface area contributed by atoms with Gasteiger partial charge >= 0.3 is 11.9 Å². The highest BCUT2D eigenvalue weighted by Gasteiger charge is 2.29. The van der Waals surface area contributed by atoms with Crippen molar-refractivity contribution in [1.29, 1.82) is 0 Å². The number of likely N-dealkylation sites (tertiary alicyclic amines) is 1. The number of carboxylic acid groups (broad SMARTS) is 2. The molecule has 154 valence electrons. The predicted octanol–water partition coefficient (Wildman–Crippen LogP) is 3.40. The van der Waals surface area contributed by atoms with Crippen molar-refractivity contribution in [2.75, 3.05) is 25.4 Å². The van der Waals surface area contributed by atoms with Crippen molar-refractivity contribution in [1.82, 2.24) is 10.2 Å². The van der Waals surface area contributed by atoms with Crippen LogP contribution in [0, 0.1) is 0 Å². The lowest BCUT2D eigenvalue weighted by Gasteiger charge is -2.40. The highest BCUT2D eigenvalue weighted by molar-refractivity contribution is 7.99. The first-order chi connectivity index (χ1) is 13.5. The zero-order valence-electron chi connectivity index (χ0n) is 16.3. The van der Waals surface area contributed by atoms with Crippen LogP contribution in [0.2, 0.25) is 0 Å². The van der Waals surface area contributed by atoms with Gasteiger partial charge in [0.15, 0.2) is 0 Å². The molecule has 1 aromatic carbocycles. The Kier molecular flexibility index (Phi) is 9.54. The van der Waals surface area contributed by atoms with E-state index in [4.69, 9.17) is 10.2 Å². The lowest BCUT2D eigenvalue weighted by Crippen LogP contribution is -2.44. The zero-order valence-corrected chi connectivity index (χ0v) is 17.2. The Morgan fingerprint density at radius 2 is 1.79 bits per heavy atom. The molecule has 1 aromatic rings. The molecule has 6 nitrogen and oxygen atoms in total. The Labute approximate surface area is 171 Å². The van der Waals surface area contributed by atoms with Crippen LogP contribution >= 0.6 is 11.8 Å². The van der Waals surface area contributed by atoms with E-state index >= 15 is 0 Å². The second kappa shape index (κ2) is 11.9. The summed E-state index contributed by atoms with van der Waals surface area (Å²) < 4.78 is 0. The van der Waals surface area contributed by atoms with E-state index in [-0.39, 0.29) is 0 Å². The highest BCUT2D eigenvalue weighted by atomic mass is 32.2. The summed E-state index contributed by atoms with van der Waals surface area (Å²) in [5.74, 6) is -1.24. The molecule has 3 rings (SSSR count). The van der Waals surface area contributed by atoms with Gasteiger partial charge in [-0.25, -0.2) is 9.59 Å². The Bertz CT molecular complexity index is 656. The Morgan fingerprint density at radius 3 is 2.39 bits per heavy atom. The fraction of sp³-hybridized carbons (Fsp3) is 0.524. The fourth-order valence-electron chi connectivity index (χ4n) is 3.61. The maximum atomic E-state index is 9.55. The first kappa shape index (κ1) is 22.5. The molecule has 2 aliphatic heterocycles. The summed E-state index contributed by atoms with van der Waals surface area (Å²) in [6, 6.07) is 10.4. The third-order valence-electron chi connectivity index (χ3n) is 4.95. The minimum atomic E-state index is -1.26. The van der Waals surface area contributed by atoms with Crippen molar-refractivity contribution in [2.24, 2.45) is 0 Å². The van der Waals surface area contributed by atoms with Crippen molar-refractivity contribution in [3.63, 3.8) is 0 Å². The molecule has 0 saturated carbocycles. The average molecular weight is 407 g/mol. The number of nitrogens with one attached hydrogen (secondary N) is 1. The molecule has 28 heavy (non-hydrogen) atoms. The molecular weight excluding hydrogens is 376 g/mol. The number of carbonyl (C=O) groups is 2. The summed E-state index contributed by atoms with van der Waals surface area (Å²) in [6.07, 6.45) is 6.30. The van der Waals surface area contributed by atoms with E-state index in [0.29, 0.717) is 18.2 Å². The topological polar surface area (TPSA) is 89.9 Å². The van der Waals surface area contributed by atoms with Crippen molar-refractivity contribution in [3.05, 3.63) is 42.0 Å². The van der Waals surface area contributed by atoms with Gasteiger partial charge in [0, 0.05) is 42.2 Å². The van der Waals surface area contributed by atoms with E-state index in [1.807, 2.05) is 11.8 Å². The zero-order chi connectivity index (χ0) is 20.4. The fourth-order valence-corrected chi connectivity index (χ4v) is 4.72. The molecule has 0 bridgehead atoms. The molecule has 0 aliphatic carbocycles. The number of aliphatic carboxylic acids is 2. The highest BCUT2D eigenvalue weighted by Crippen LogP contribution is 2.39. The van der Waals surface area contributed by atoms with Crippen LogP contribution in [0.4, 0.5) is 0 Å². The van der Waals surface area contributed by atoms with Crippen LogP contribution in [0.5, 0.6) is 0 Å². The van der Waals surface area contributed by atoms with Crippen LogP contribution in [-0.2, 0) is 9.59 Å². The van der Waals surface area contributed by atoms with Gasteiger partial charge in [-0.15, -0.1) is 11.8 Å². The maximum absolute atomic E-state index is 9.55. The van der Waals surface area contributed by atoms with Crippen LogP contribution < -0.4 is 5.32 Å². The number of piperidine rings is 1. The lowest BCUT2D eigenvalue weighted by molar-refractivity contribution is -0.134. The molecule has 2 heterocycles. The van der Waals surface area contributed by atoms with E-state index in [2.05, 4.69) is 41.4 Å². The number of benzene rings is 1. The Morgan fingerprint density at radius 1 is 1.14 bits per heavy atom. The van der Waals surface area contributed by atoms with Crippen molar-refractivity contribution in [2.45, 2.75) is 49.6 Å². The molecule has 1 atom stereocenters. The smallest absolute Gasteiger partial charge is 0.328 e. The summed E-state index contributed by atoms with van der Waals surface area (Å²) in [5, 5.41) is 19.3. The van der Waals surface area contributed by atoms with Gasteiger partial charge < -0.3 is 15.5 Å². The Balaban J connectivity index is 0.000000300. The number of fused-ring (bicyclic) bond motifs is 1. The van der Waals surface area contributed by atoms with Gasteiger partial charge in [-0.3, -0.25) is 4.90 Å². The molecular formula is C21H30N2O4S. The number of hydrogen-bond acceptors (Lipinski definition) is 5. The van der Waals surface area contributed by atoms with Crippen LogP contribution in [0.15, 0.2) is 41.3 Å². The first-order valence-corrected chi connectivity index (χ1v) is 10.8. The largest absolute Gasteiger partial charge is 0.478 e. The summed E-state index contributed by atoms with van der Waals surface area (Å²) in [6.45, 7) is 5.93. The van der Waals surface area contributed by atoms with Gasteiger partial charge in [0.2, 0.25) is 0 Å². The first-order valence-electron chi connectivity index (χ1n) is 9.84. The van der Waals surface area contributed by atoms with Crippen molar-refractivity contribution in [3.8, 4) is 0 Å². The molecule has 0 radical (unpaired) electrons. The summed E-state index contributed by atoms with van der Waals surface area (Å²) in [7, 11) is 0. The van der Waals surface area contributed by atoms with E-state index < -0.39 is 11.9 Å². The van der Waals surface area contributed by atoms with Crippen LogP contribution in [0.1, 0.15) is 44.2 Å². The molecule has 0 amide bonds. The van der Waals surface area contributed by atoms with Crippen molar-refractivity contribution < 1.29 is 19.8 Å².